The van der Waals surface area contributed by atoms with Gasteiger partial charge in [-0.1, -0.05) is 47.5 Å². The van der Waals surface area contributed by atoms with Crippen LogP contribution in [0.4, 0.5) is 10.5 Å². The first-order valence-corrected chi connectivity index (χ1v) is 11.6. The first-order chi connectivity index (χ1) is 16.2. The molecule has 0 spiro atoms. The first-order valence-electron chi connectivity index (χ1n) is 10.1. The lowest BCUT2D eigenvalue weighted by Crippen LogP contribution is -2.54. The van der Waals surface area contributed by atoms with Crippen LogP contribution in [0.5, 0.6) is 5.75 Å². The molecule has 9 heteroatoms. The third kappa shape index (κ3) is 5.17. The zero-order valence-corrected chi connectivity index (χ0v) is 20.9. The van der Waals surface area contributed by atoms with Gasteiger partial charge in [0.15, 0.2) is 0 Å². The molecule has 0 saturated carbocycles. The molecular formula is C25H17BrCl2N2O4. The number of benzene rings is 3. The average molecular weight is 560 g/mol. The van der Waals surface area contributed by atoms with Crippen molar-refractivity contribution >= 4 is 68.7 Å². The summed E-state index contributed by atoms with van der Waals surface area (Å²) in [6.07, 6.45) is 1.42. The molecule has 0 atom stereocenters. The van der Waals surface area contributed by atoms with Crippen LogP contribution in [0.15, 0.2) is 70.7 Å². The third-order valence-electron chi connectivity index (χ3n) is 5.09. The molecule has 1 heterocycles. The highest BCUT2D eigenvalue weighted by Crippen LogP contribution is 2.30. The number of hydrogen-bond acceptors (Lipinski definition) is 4. The molecule has 3 aromatic rings. The lowest BCUT2D eigenvalue weighted by atomic mass is 10.1. The van der Waals surface area contributed by atoms with Crippen molar-refractivity contribution in [2.24, 2.45) is 0 Å². The van der Waals surface area contributed by atoms with Gasteiger partial charge in [0, 0.05) is 10.0 Å². The molecule has 1 fully saturated rings. The molecule has 34 heavy (non-hydrogen) atoms. The summed E-state index contributed by atoms with van der Waals surface area (Å²) in [6, 6.07) is 16.4. The summed E-state index contributed by atoms with van der Waals surface area (Å²) in [5.41, 5.74) is 2.40. The molecular weight excluding hydrogens is 543 g/mol. The Kier molecular flexibility index (Phi) is 7.07. The normalized spacial score (nSPS) is 15.0. The maximum absolute atomic E-state index is 13.1. The van der Waals surface area contributed by atoms with Crippen LogP contribution < -0.4 is 15.0 Å². The van der Waals surface area contributed by atoms with Gasteiger partial charge in [-0.15, -0.1) is 0 Å². The van der Waals surface area contributed by atoms with E-state index in [2.05, 4.69) is 21.2 Å². The molecule has 1 saturated heterocycles. The van der Waals surface area contributed by atoms with Gasteiger partial charge < -0.3 is 4.74 Å². The van der Waals surface area contributed by atoms with Gasteiger partial charge in [-0.3, -0.25) is 14.9 Å². The zero-order valence-electron chi connectivity index (χ0n) is 17.8. The molecule has 0 aliphatic carbocycles. The maximum atomic E-state index is 13.1. The second kappa shape index (κ2) is 10.0. The second-order valence-electron chi connectivity index (χ2n) is 7.50. The number of urea groups is 1. The Balaban J connectivity index is 1.56. The number of amides is 4. The molecule has 3 aromatic carbocycles. The van der Waals surface area contributed by atoms with E-state index in [9.17, 15) is 14.4 Å². The van der Waals surface area contributed by atoms with Crippen LogP contribution in [0.1, 0.15) is 16.7 Å². The standard InChI is InChI=1S/C25H17BrCl2N2O4/c1-14-2-8-18(12-21(14)28)30-24(32)19(23(31)29-25(30)33)10-16-5-9-22(20(26)11-16)34-13-15-3-6-17(27)7-4-15/h2-12H,13H2,1H3,(H,29,31,33)/b19-10-. The number of carbonyl (C=O) groups is 3. The minimum absolute atomic E-state index is 0.182. The summed E-state index contributed by atoms with van der Waals surface area (Å²) in [6.45, 7) is 2.15. The number of ether oxygens (including phenoxy) is 1. The number of nitrogens with one attached hydrogen (secondary N) is 1. The number of barbiturate groups is 1. The number of halogens is 3. The molecule has 0 aromatic heterocycles. The molecule has 4 rings (SSSR count). The highest BCUT2D eigenvalue weighted by atomic mass is 79.9. The van der Waals surface area contributed by atoms with Gasteiger partial charge in [-0.05, 0) is 82.0 Å². The lowest BCUT2D eigenvalue weighted by molar-refractivity contribution is -0.122. The number of carbonyl (C=O) groups excluding carboxylic acids is 3. The van der Waals surface area contributed by atoms with Crippen molar-refractivity contribution in [3.63, 3.8) is 0 Å². The summed E-state index contributed by atoms with van der Waals surface area (Å²) >= 11 is 15.5. The van der Waals surface area contributed by atoms with Crippen LogP contribution in [0.25, 0.3) is 6.08 Å². The van der Waals surface area contributed by atoms with Gasteiger partial charge in [0.2, 0.25) is 0 Å². The minimum atomic E-state index is -0.834. The summed E-state index contributed by atoms with van der Waals surface area (Å²) in [5.74, 6) is -0.931. The first kappa shape index (κ1) is 24.0. The number of imide groups is 2. The Morgan fingerprint density at radius 1 is 1.00 bits per heavy atom. The van der Waals surface area contributed by atoms with Crippen LogP contribution in [0, 0.1) is 6.92 Å². The molecule has 4 amide bonds. The van der Waals surface area contributed by atoms with Crippen LogP contribution >= 0.6 is 39.1 Å². The zero-order chi connectivity index (χ0) is 24.4. The Morgan fingerprint density at radius 3 is 2.41 bits per heavy atom. The Morgan fingerprint density at radius 2 is 1.74 bits per heavy atom. The average Bonchev–Trinajstić information content (AvgIpc) is 2.79. The largest absolute Gasteiger partial charge is 0.488 e. The fraction of sp³-hybridized carbons (Fsp3) is 0.0800. The molecule has 0 radical (unpaired) electrons. The van der Waals surface area contributed by atoms with Crippen molar-refractivity contribution < 1.29 is 19.1 Å². The molecule has 6 nitrogen and oxygen atoms in total. The number of hydrogen-bond donors (Lipinski definition) is 1. The van der Waals surface area contributed by atoms with E-state index in [-0.39, 0.29) is 11.3 Å². The van der Waals surface area contributed by atoms with Crippen molar-refractivity contribution in [2.75, 3.05) is 4.90 Å². The highest BCUT2D eigenvalue weighted by molar-refractivity contribution is 9.10. The summed E-state index contributed by atoms with van der Waals surface area (Å²) in [4.78, 5) is 38.8. The van der Waals surface area contributed by atoms with E-state index >= 15 is 0 Å². The molecule has 0 unspecified atom stereocenters. The Hall–Kier alpha value is -3.13. The third-order valence-corrected chi connectivity index (χ3v) is 6.37. The summed E-state index contributed by atoms with van der Waals surface area (Å²) < 4.78 is 6.47. The van der Waals surface area contributed by atoms with E-state index in [1.54, 1.807) is 49.4 Å². The van der Waals surface area contributed by atoms with Gasteiger partial charge in [-0.2, -0.15) is 0 Å². The van der Waals surface area contributed by atoms with E-state index in [1.165, 1.54) is 12.1 Å². The van der Waals surface area contributed by atoms with Crippen LogP contribution in [-0.4, -0.2) is 17.8 Å². The predicted molar refractivity (Wildman–Crippen MR) is 135 cm³/mol. The fourth-order valence-corrected chi connectivity index (χ4v) is 4.06. The SMILES string of the molecule is Cc1ccc(N2C(=O)NC(=O)/C(=C/c3ccc(OCc4ccc(Cl)cc4)c(Br)c3)C2=O)cc1Cl. The molecule has 0 bridgehead atoms. The van der Waals surface area contributed by atoms with Crippen molar-refractivity contribution in [1.29, 1.82) is 0 Å². The van der Waals surface area contributed by atoms with Crippen molar-refractivity contribution in [3.8, 4) is 5.75 Å². The second-order valence-corrected chi connectivity index (χ2v) is 9.19. The van der Waals surface area contributed by atoms with E-state index in [0.717, 1.165) is 16.0 Å². The van der Waals surface area contributed by atoms with Gasteiger partial charge in [-0.25, -0.2) is 9.69 Å². The van der Waals surface area contributed by atoms with Crippen molar-refractivity contribution in [3.05, 3.63) is 97.4 Å². The van der Waals surface area contributed by atoms with Gasteiger partial charge in [0.05, 0.1) is 10.2 Å². The predicted octanol–water partition coefficient (Wildman–Crippen LogP) is 6.31. The summed E-state index contributed by atoms with van der Waals surface area (Å²) in [5, 5.41) is 3.25. The van der Waals surface area contributed by atoms with Gasteiger partial charge in [0.25, 0.3) is 11.8 Å². The van der Waals surface area contributed by atoms with Gasteiger partial charge in [0.1, 0.15) is 17.9 Å². The lowest BCUT2D eigenvalue weighted by Gasteiger charge is -2.26. The van der Waals surface area contributed by atoms with E-state index in [1.807, 2.05) is 12.1 Å². The molecule has 1 aliphatic rings. The van der Waals surface area contributed by atoms with Gasteiger partial charge >= 0.3 is 6.03 Å². The van der Waals surface area contributed by atoms with E-state index in [4.69, 9.17) is 27.9 Å². The minimum Gasteiger partial charge on any atom is -0.488 e. The number of rotatable bonds is 5. The number of nitrogens with zero attached hydrogens (tertiary/aromatic N) is 1. The van der Waals surface area contributed by atoms with Crippen molar-refractivity contribution in [2.45, 2.75) is 13.5 Å². The van der Waals surface area contributed by atoms with E-state index in [0.29, 0.717) is 32.4 Å². The topological polar surface area (TPSA) is 75.7 Å². The fourth-order valence-electron chi connectivity index (χ4n) is 3.25. The molecule has 172 valence electrons. The smallest absolute Gasteiger partial charge is 0.335 e. The van der Waals surface area contributed by atoms with E-state index < -0.39 is 17.8 Å². The number of aryl methyl sites for hydroxylation is 1. The Labute approximate surface area is 214 Å². The van der Waals surface area contributed by atoms with Crippen LogP contribution in [0.3, 0.4) is 0 Å². The monoisotopic (exact) mass is 558 g/mol. The molecule has 1 aliphatic heterocycles. The summed E-state index contributed by atoms with van der Waals surface area (Å²) in [7, 11) is 0. The van der Waals surface area contributed by atoms with Crippen LogP contribution in [-0.2, 0) is 16.2 Å². The quantitative estimate of drug-likeness (QED) is 0.293. The Bertz CT molecular complexity index is 1340. The highest BCUT2D eigenvalue weighted by Gasteiger charge is 2.37. The molecule has 1 N–H and O–H groups in total. The maximum Gasteiger partial charge on any atom is 0.335 e. The number of anilines is 1. The van der Waals surface area contributed by atoms with Crippen LogP contribution in [0.2, 0.25) is 10.0 Å². The van der Waals surface area contributed by atoms with Crippen molar-refractivity contribution in [1.82, 2.24) is 5.32 Å².